The highest BCUT2D eigenvalue weighted by Crippen LogP contribution is 2.27. The molecule has 1 radical (unpaired) electrons. The number of ether oxygens (including phenoxy) is 1. The first-order valence-corrected chi connectivity index (χ1v) is 7.67. The van der Waals surface area contributed by atoms with E-state index in [-0.39, 0.29) is 5.97 Å². The number of benzene rings is 1. The fourth-order valence-corrected chi connectivity index (χ4v) is 2.76. The molecule has 1 aromatic carbocycles. The van der Waals surface area contributed by atoms with Crippen LogP contribution in [0.5, 0.6) is 0 Å². The summed E-state index contributed by atoms with van der Waals surface area (Å²) < 4.78 is 5.34. The van der Waals surface area contributed by atoms with Gasteiger partial charge in [0, 0.05) is 0 Å². The van der Waals surface area contributed by atoms with E-state index in [1.54, 1.807) is 0 Å². The van der Waals surface area contributed by atoms with Crippen molar-refractivity contribution in [3.05, 3.63) is 35.9 Å². The van der Waals surface area contributed by atoms with E-state index >= 15 is 0 Å². The Hall–Kier alpha value is -1.35. The maximum absolute atomic E-state index is 12.1. The van der Waals surface area contributed by atoms with Crippen molar-refractivity contribution in [3.63, 3.8) is 0 Å². The Labute approximate surface area is 121 Å². The fraction of sp³-hybridized carbons (Fsp3) is 0.588. The number of rotatable bonds is 5. The standard InChI is InChI=1S/C17H24NO2/c18-17(12-6-1-2-7-13-17)16(19)20-14-8-11-15-9-4-3-5-10-15/h3-5,9-10,18H,1-2,6-8,11-14H2. The summed E-state index contributed by atoms with van der Waals surface area (Å²) in [5, 5.41) is 0. The van der Waals surface area contributed by atoms with Gasteiger partial charge in [-0.25, -0.2) is 10.5 Å². The molecule has 109 valence electrons. The van der Waals surface area contributed by atoms with Crippen molar-refractivity contribution >= 4 is 5.97 Å². The lowest BCUT2D eigenvalue weighted by atomic mass is 9.92. The van der Waals surface area contributed by atoms with E-state index in [4.69, 9.17) is 10.5 Å². The number of carbonyl (C=O) groups is 1. The number of carbonyl (C=O) groups excluding carboxylic acids is 1. The molecular weight excluding hydrogens is 250 g/mol. The van der Waals surface area contributed by atoms with Crippen molar-refractivity contribution in [2.45, 2.75) is 56.9 Å². The van der Waals surface area contributed by atoms with Crippen molar-refractivity contribution in [3.8, 4) is 0 Å². The molecule has 1 fully saturated rings. The lowest BCUT2D eigenvalue weighted by Gasteiger charge is -2.24. The van der Waals surface area contributed by atoms with Gasteiger partial charge in [0.1, 0.15) is 5.54 Å². The third kappa shape index (κ3) is 4.34. The van der Waals surface area contributed by atoms with Gasteiger partial charge in [-0.15, -0.1) is 0 Å². The molecule has 0 aromatic heterocycles. The molecule has 2 rings (SSSR count). The maximum atomic E-state index is 12.1. The molecule has 0 bridgehead atoms. The van der Waals surface area contributed by atoms with Crippen LogP contribution in [-0.2, 0) is 16.0 Å². The summed E-state index contributed by atoms with van der Waals surface area (Å²) >= 11 is 0. The Kier molecular flexibility index (Phi) is 5.60. The number of hydrogen-bond acceptors (Lipinski definition) is 2. The first-order valence-electron chi connectivity index (χ1n) is 7.67. The summed E-state index contributed by atoms with van der Waals surface area (Å²) in [7, 11) is 0. The third-order valence-electron chi connectivity index (χ3n) is 4.03. The van der Waals surface area contributed by atoms with Crippen LogP contribution in [0.4, 0.5) is 0 Å². The lowest BCUT2D eigenvalue weighted by molar-refractivity contribution is -0.151. The molecule has 1 aromatic rings. The quantitative estimate of drug-likeness (QED) is 0.468. The molecule has 0 heterocycles. The SMILES string of the molecule is [NH]C1(C(=O)OCCCc2ccccc2)CCCCCC1. The normalized spacial score (nSPS) is 18.2. The minimum absolute atomic E-state index is 0.313. The molecule has 1 N–H and O–H groups in total. The van der Waals surface area contributed by atoms with Gasteiger partial charge in [-0.05, 0) is 31.2 Å². The van der Waals surface area contributed by atoms with E-state index < -0.39 is 5.54 Å². The van der Waals surface area contributed by atoms with Crippen molar-refractivity contribution in [2.24, 2.45) is 0 Å². The molecule has 0 atom stereocenters. The van der Waals surface area contributed by atoms with E-state index in [1.165, 1.54) is 5.56 Å². The Morgan fingerprint density at radius 1 is 1.10 bits per heavy atom. The van der Waals surface area contributed by atoms with E-state index in [1.807, 2.05) is 18.2 Å². The van der Waals surface area contributed by atoms with Crippen LogP contribution in [0.15, 0.2) is 30.3 Å². The summed E-state index contributed by atoms with van der Waals surface area (Å²) in [6.45, 7) is 0.425. The van der Waals surface area contributed by atoms with Crippen LogP contribution in [0.2, 0.25) is 0 Å². The molecule has 3 heteroatoms. The molecule has 0 amide bonds. The van der Waals surface area contributed by atoms with Crippen LogP contribution < -0.4 is 5.73 Å². The van der Waals surface area contributed by atoms with Gasteiger partial charge >= 0.3 is 5.97 Å². The van der Waals surface area contributed by atoms with Crippen LogP contribution in [0.3, 0.4) is 0 Å². The second kappa shape index (κ2) is 7.44. The van der Waals surface area contributed by atoms with Crippen LogP contribution in [0.25, 0.3) is 0 Å². The molecule has 0 aliphatic heterocycles. The van der Waals surface area contributed by atoms with Gasteiger partial charge in [0.25, 0.3) is 0 Å². The van der Waals surface area contributed by atoms with Gasteiger partial charge in [-0.1, -0.05) is 56.0 Å². The number of hydrogen-bond donors (Lipinski definition) is 0. The van der Waals surface area contributed by atoms with Gasteiger partial charge in [0.05, 0.1) is 6.61 Å². The predicted molar refractivity (Wildman–Crippen MR) is 79.3 cm³/mol. The molecule has 1 saturated carbocycles. The minimum Gasteiger partial charge on any atom is -0.464 e. The van der Waals surface area contributed by atoms with Crippen LogP contribution in [0, 0.1) is 0 Å². The summed E-state index contributed by atoms with van der Waals surface area (Å²) in [4.78, 5) is 12.1. The summed E-state index contributed by atoms with van der Waals surface area (Å²) in [6, 6.07) is 10.2. The molecule has 0 saturated heterocycles. The van der Waals surface area contributed by atoms with Crippen LogP contribution >= 0.6 is 0 Å². The second-order valence-electron chi connectivity index (χ2n) is 5.72. The summed E-state index contributed by atoms with van der Waals surface area (Å²) in [5.74, 6) is -0.313. The predicted octanol–water partition coefficient (Wildman–Crippen LogP) is 3.54. The lowest BCUT2D eigenvalue weighted by Crippen LogP contribution is -2.41. The van der Waals surface area contributed by atoms with Gasteiger partial charge in [-0.2, -0.15) is 0 Å². The molecule has 1 aliphatic carbocycles. The zero-order valence-electron chi connectivity index (χ0n) is 12.1. The molecular formula is C17H24NO2. The average Bonchev–Trinajstić information content (AvgIpc) is 2.70. The highest BCUT2D eigenvalue weighted by molar-refractivity contribution is 5.80. The van der Waals surface area contributed by atoms with Gasteiger partial charge in [0.15, 0.2) is 0 Å². The van der Waals surface area contributed by atoms with Crippen molar-refractivity contribution in [2.75, 3.05) is 6.61 Å². The smallest absolute Gasteiger partial charge is 0.327 e. The van der Waals surface area contributed by atoms with Crippen molar-refractivity contribution in [1.29, 1.82) is 0 Å². The van der Waals surface area contributed by atoms with E-state index in [0.717, 1.165) is 38.5 Å². The first-order chi connectivity index (χ1) is 9.71. The zero-order chi connectivity index (χ0) is 14.3. The van der Waals surface area contributed by atoms with E-state index in [9.17, 15) is 4.79 Å². The Morgan fingerprint density at radius 3 is 2.40 bits per heavy atom. The van der Waals surface area contributed by atoms with E-state index in [2.05, 4.69) is 12.1 Å². The number of aryl methyl sites for hydroxylation is 1. The van der Waals surface area contributed by atoms with Crippen molar-refractivity contribution < 1.29 is 9.53 Å². The number of nitrogens with one attached hydrogen (secondary N) is 1. The highest BCUT2D eigenvalue weighted by Gasteiger charge is 2.36. The van der Waals surface area contributed by atoms with Crippen LogP contribution in [-0.4, -0.2) is 18.1 Å². The van der Waals surface area contributed by atoms with E-state index in [0.29, 0.717) is 19.4 Å². The molecule has 1 aliphatic rings. The number of esters is 1. The Bertz CT molecular complexity index is 408. The van der Waals surface area contributed by atoms with Gasteiger partial charge in [0.2, 0.25) is 0 Å². The molecule has 0 spiro atoms. The minimum atomic E-state index is -0.983. The monoisotopic (exact) mass is 274 g/mol. The first kappa shape index (κ1) is 15.0. The fourth-order valence-electron chi connectivity index (χ4n) is 2.76. The van der Waals surface area contributed by atoms with Gasteiger partial charge < -0.3 is 4.74 Å². The largest absolute Gasteiger partial charge is 0.464 e. The second-order valence-corrected chi connectivity index (χ2v) is 5.72. The zero-order valence-corrected chi connectivity index (χ0v) is 12.1. The molecule has 20 heavy (non-hydrogen) atoms. The topological polar surface area (TPSA) is 50.1 Å². The Morgan fingerprint density at radius 2 is 1.75 bits per heavy atom. The van der Waals surface area contributed by atoms with Gasteiger partial charge in [-0.3, -0.25) is 0 Å². The van der Waals surface area contributed by atoms with Crippen LogP contribution in [0.1, 0.15) is 50.5 Å². The van der Waals surface area contributed by atoms with Crippen molar-refractivity contribution in [1.82, 2.24) is 5.73 Å². The maximum Gasteiger partial charge on any atom is 0.327 e. The molecule has 3 nitrogen and oxygen atoms in total. The summed E-state index contributed by atoms with van der Waals surface area (Å²) in [5.41, 5.74) is 8.57. The summed E-state index contributed by atoms with van der Waals surface area (Å²) in [6.07, 6.45) is 7.29. The highest BCUT2D eigenvalue weighted by atomic mass is 16.5. The third-order valence-corrected chi connectivity index (χ3v) is 4.03. The molecule has 0 unspecified atom stereocenters. The Balaban J connectivity index is 1.71. The average molecular weight is 274 g/mol.